The molecule has 3 aromatic carbocycles. The molecule has 32 heavy (non-hydrogen) atoms. The second kappa shape index (κ2) is 11.4. The van der Waals surface area contributed by atoms with Crippen molar-refractivity contribution in [1.29, 1.82) is 0 Å². The van der Waals surface area contributed by atoms with E-state index in [1.807, 2.05) is 44.2 Å². The van der Waals surface area contributed by atoms with E-state index >= 15 is 0 Å². The Balaban J connectivity index is 1.57. The third kappa shape index (κ3) is 6.75. The molecule has 168 valence electrons. The van der Waals surface area contributed by atoms with Crippen LogP contribution in [0.5, 0.6) is 11.5 Å². The molecule has 3 aromatic rings. The van der Waals surface area contributed by atoms with Crippen molar-refractivity contribution in [2.24, 2.45) is 0 Å². The number of aryl methyl sites for hydroxylation is 1. The molecule has 0 bridgehead atoms. The average Bonchev–Trinajstić information content (AvgIpc) is 2.76. The van der Waals surface area contributed by atoms with Crippen molar-refractivity contribution in [3.63, 3.8) is 0 Å². The first kappa shape index (κ1) is 24.2. The molecular weight excluding hydrogens is 443 g/mol. The number of halogens is 2. The number of ether oxygens (including phenoxy) is 1. The zero-order valence-corrected chi connectivity index (χ0v) is 19.9. The highest BCUT2D eigenvalue weighted by molar-refractivity contribution is 6.36. The van der Waals surface area contributed by atoms with Crippen molar-refractivity contribution in [2.45, 2.75) is 45.4 Å². The van der Waals surface area contributed by atoms with E-state index in [-0.39, 0.29) is 24.1 Å². The van der Waals surface area contributed by atoms with E-state index < -0.39 is 0 Å². The summed E-state index contributed by atoms with van der Waals surface area (Å²) < 4.78 is 5.65. The number of phenolic OH excluding ortho intramolecular Hbond substituents is 1. The number of benzene rings is 3. The van der Waals surface area contributed by atoms with E-state index in [0.29, 0.717) is 28.6 Å². The lowest BCUT2D eigenvalue weighted by atomic mass is 9.96. The van der Waals surface area contributed by atoms with Gasteiger partial charge in [0.25, 0.3) is 0 Å². The monoisotopic (exact) mass is 470 g/mol. The van der Waals surface area contributed by atoms with Crippen LogP contribution in [-0.4, -0.2) is 17.5 Å². The number of rotatable bonds is 10. The number of Topliss-reactive ketones (excluding diaryl/α,β-unsaturated/α-hetero) is 1. The summed E-state index contributed by atoms with van der Waals surface area (Å²) in [5.41, 5.74) is 3.91. The third-order valence-corrected chi connectivity index (χ3v) is 6.05. The number of carbonyl (C=O) groups excluding carboxylic acids is 1. The van der Waals surface area contributed by atoms with Gasteiger partial charge in [-0.05, 0) is 59.2 Å². The maximum atomic E-state index is 12.2. The standard InChI is InChI=1S/C27H28Cl2O3/c1-18(2)23-13-20(11-12-27(23)31)14-24-25(28)15-22(16-26(24)29)32-17-21(30)10-6-9-19-7-4-3-5-8-19/h3-5,7-8,11-13,15-16,18,31H,6,9-10,14,17H2,1-2H3. The Bertz CT molecular complexity index is 1040. The van der Waals surface area contributed by atoms with Crippen molar-refractivity contribution in [1.82, 2.24) is 0 Å². The van der Waals surface area contributed by atoms with E-state index in [4.69, 9.17) is 27.9 Å². The molecule has 5 heteroatoms. The minimum Gasteiger partial charge on any atom is -0.508 e. The van der Waals surface area contributed by atoms with E-state index in [9.17, 15) is 9.90 Å². The van der Waals surface area contributed by atoms with Gasteiger partial charge >= 0.3 is 0 Å². The number of hydrogen-bond acceptors (Lipinski definition) is 3. The Morgan fingerprint density at radius 1 is 0.969 bits per heavy atom. The molecule has 3 nitrogen and oxygen atoms in total. The lowest BCUT2D eigenvalue weighted by Gasteiger charge is -2.14. The highest BCUT2D eigenvalue weighted by Gasteiger charge is 2.13. The molecule has 0 heterocycles. The molecule has 0 fully saturated rings. The molecule has 0 amide bonds. The van der Waals surface area contributed by atoms with Gasteiger partial charge in [0.15, 0.2) is 5.78 Å². The molecule has 0 atom stereocenters. The van der Waals surface area contributed by atoms with Crippen LogP contribution in [0.25, 0.3) is 0 Å². The molecule has 0 saturated heterocycles. The van der Waals surface area contributed by atoms with Crippen LogP contribution < -0.4 is 4.74 Å². The summed E-state index contributed by atoms with van der Waals surface area (Å²) in [7, 11) is 0. The Morgan fingerprint density at radius 3 is 2.31 bits per heavy atom. The van der Waals surface area contributed by atoms with Crippen LogP contribution in [0.2, 0.25) is 10.0 Å². The second-order valence-electron chi connectivity index (χ2n) is 8.26. The van der Waals surface area contributed by atoms with Crippen LogP contribution in [0.15, 0.2) is 60.7 Å². The Labute approximate surface area is 200 Å². The molecule has 0 saturated carbocycles. The normalized spacial score (nSPS) is 11.0. The Morgan fingerprint density at radius 2 is 1.66 bits per heavy atom. The lowest BCUT2D eigenvalue weighted by Crippen LogP contribution is -2.11. The molecule has 0 aliphatic carbocycles. The van der Waals surface area contributed by atoms with Crippen LogP contribution in [0, 0.1) is 0 Å². The summed E-state index contributed by atoms with van der Waals surface area (Å²) in [6.45, 7) is 4.07. The fourth-order valence-corrected chi connectivity index (χ4v) is 4.18. The van der Waals surface area contributed by atoms with Crippen molar-refractivity contribution < 1.29 is 14.6 Å². The molecule has 0 spiro atoms. The molecule has 0 aromatic heterocycles. The quantitative estimate of drug-likeness (QED) is 0.336. The topological polar surface area (TPSA) is 46.5 Å². The molecule has 3 rings (SSSR count). The van der Waals surface area contributed by atoms with E-state index in [1.54, 1.807) is 18.2 Å². The predicted octanol–water partition coefficient (Wildman–Crippen LogP) is 7.38. The summed E-state index contributed by atoms with van der Waals surface area (Å²) >= 11 is 13.0. The fourth-order valence-electron chi connectivity index (χ4n) is 3.58. The van der Waals surface area contributed by atoms with Gasteiger partial charge in [0.2, 0.25) is 0 Å². The first-order chi connectivity index (χ1) is 15.3. The largest absolute Gasteiger partial charge is 0.508 e. The molecular formula is C27H28Cl2O3. The van der Waals surface area contributed by atoms with Gasteiger partial charge in [-0.2, -0.15) is 0 Å². The first-order valence-electron chi connectivity index (χ1n) is 10.8. The molecule has 0 aliphatic heterocycles. The third-order valence-electron chi connectivity index (χ3n) is 5.37. The van der Waals surface area contributed by atoms with Gasteiger partial charge in [-0.25, -0.2) is 0 Å². The molecule has 0 aliphatic rings. The summed E-state index contributed by atoms with van der Waals surface area (Å²) in [4.78, 5) is 12.2. The van der Waals surface area contributed by atoms with Crippen LogP contribution in [0.3, 0.4) is 0 Å². The van der Waals surface area contributed by atoms with Crippen molar-refractivity contribution in [3.05, 3.63) is 93.0 Å². The summed E-state index contributed by atoms with van der Waals surface area (Å²) in [5, 5.41) is 11.0. The zero-order valence-electron chi connectivity index (χ0n) is 18.4. The summed E-state index contributed by atoms with van der Waals surface area (Å²) in [6, 6.07) is 19.1. The van der Waals surface area contributed by atoms with Crippen molar-refractivity contribution in [3.8, 4) is 11.5 Å². The van der Waals surface area contributed by atoms with Gasteiger partial charge in [0.1, 0.15) is 18.1 Å². The van der Waals surface area contributed by atoms with Gasteiger partial charge < -0.3 is 9.84 Å². The predicted molar refractivity (Wildman–Crippen MR) is 131 cm³/mol. The average molecular weight is 471 g/mol. The van der Waals surface area contributed by atoms with E-state index in [2.05, 4.69) is 12.1 Å². The van der Waals surface area contributed by atoms with E-state index in [1.165, 1.54) is 5.56 Å². The van der Waals surface area contributed by atoms with Gasteiger partial charge in [0, 0.05) is 22.9 Å². The SMILES string of the molecule is CC(C)c1cc(Cc2c(Cl)cc(OCC(=O)CCCc3ccccc3)cc2Cl)ccc1O. The lowest BCUT2D eigenvalue weighted by molar-refractivity contribution is -0.121. The number of phenols is 1. The van der Waals surface area contributed by atoms with Crippen LogP contribution in [-0.2, 0) is 17.6 Å². The van der Waals surface area contributed by atoms with Gasteiger partial charge in [-0.3, -0.25) is 4.79 Å². The number of hydrogen-bond donors (Lipinski definition) is 1. The van der Waals surface area contributed by atoms with Gasteiger partial charge in [0.05, 0.1) is 0 Å². The Kier molecular flexibility index (Phi) is 8.60. The highest BCUT2D eigenvalue weighted by atomic mass is 35.5. The smallest absolute Gasteiger partial charge is 0.170 e. The van der Waals surface area contributed by atoms with Crippen molar-refractivity contribution in [2.75, 3.05) is 6.61 Å². The van der Waals surface area contributed by atoms with E-state index in [0.717, 1.165) is 29.5 Å². The zero-order chi connectivity index (χ0) is 23.1. The molecule has 0 radical (unpaired) electrons. The molecule has 0 unspecified atom stereocenters. The highest BCUT2D eigenvalue weighted by Crippen LogP contribution is 2.34. The van der Waals surface area contributed by atoms with Crippen LogP contribution in [0.4, 0.5) is 0 Å². The maximum absolute atomic E-state index is 12.2. The number of aromatic hydroxyl groups is 1. The number of ketones is 1. The maximum Gasteiger partial charge on any atom is 0.170 e. The number of carbonyl (C=O) groups is 1. The van der Waals surface area contributed by atoms with Crippen LogP contribution in [0.1, 0.15) is 54.9 Å². The molecule has 1 N–H and O–H groups in total. The second-order valence-corrected chi connectivity index (χ2v) is 9.07. The minimum absolute atomic E-state index is 0.00347. The minimum atomic E-state index is -0.00347. The Hall–Kier alpha value is -2.49. The summed E-state index contributed by atoms with van der Waals surface area (Å²) in [5.74, 6) is 1.02. The summed E-state index contributed by atoms with van der Waals surface area (Å²) in [6.07, 6.45) is 2.66. The van der Waals surface area contributed by atoms with Gasteiger partial charge in [-0.15, -0.1) is 0 Å². The fraction of sp³-hybridized carbons (Fsp3) is 0.296. The first-order valence-corrected chi connectivity index (χ1v) is 11.6. The van der Waals surface area contributed by atoms with Gasteiger partial charge in [-0.1, -0.05) is 79.5 Å². The van der Waals surface area contributed by atoms with Crippen LogP contribution >= 0.6 is 23.2 Å². The van der Waals surface area contributed by atoms with Crippen molar-refractivity contribution >= 4 is 29.0 Å².